The summed E-state index contributed by atoms with van der Waals surface area (Å²) in [4.78, 5) is 41.6. The Morgan fingerprint density at radius 3 is 2.05 bits per heavy atom. The number of carbonyl (C=O) groups excluding carboxylic acids is 2. The molecule has 0 amide bonds. The van der Waals surface area contributed by atoms with Crippen molar-refractivity contribution in [3.8, 4) is 0 Å². The second-order valence-electron chi connectivity index (χ2n) is 11.2. The van der Waals surface area contributed by atoms with Crippen molar-refractivity contribution < 1.29 is 43.1 Å². The van der Waals surface area contributed by atoms with E-state index in [1.54, 1.807) is 13.8 Å². The number of nitrogens with two attached hydrogens (primary N) is 1. The van der Waals surface area contributed by atoms with Crippen molar-refractivity contribution in [2.45, 2.75) is 97.4 Å². The predicted molar refractivity (Wildman–Crippen MR) is 153 cm³/mol. The van der Waals surface area contributed by atoms with Gasteiger partial charge in [0.2, 0.25) is 0 Å². The summed E-state index contributed by atoms with van der Waals surface area (Å²) < 4.78 is 37.2. The van der Waals surface area contributed by atoms with Crippen LogP contribution in [0, 0.1) is 11.8 Å². The van der Waals surface area contributed by atoms with E-state index < -0.39 is 68.0 Å². The van der Waals surface area contributed by atoms with Crippen molar-refractivity contribution in [2.24, 2.45) is 11.8 Å². The topological polar surface area (TPSA) is 214 Å². The number of nitrogen functional groups attached to an aromatic ring is 1. The molecular weight excluding hydrogens is 573 g/mol. The van der Waals surface area contributed by atoms with Gasteiger partial charge in [-0.2, -0.15) is 4.98 Å². The normalized spacial score (nSPS) is 25.3. The van der Waals surface area contributed by atoms with E-state index in [9.17, 15) is 29.2 Å². The van der Waals surface area contributed by atoms with Gasteiger partial charge in [0.15, 0.2) is 6.23 Å². The van der Waals surface area contributed by atoms with Crippen molar-refractivity contribution >= 4 is 25.4 Å². The number of aliphatic hydroxyl groups excluding tert-OH is 1. The van der Waals surface area contributed by atoms with Gasteiger partial charge in [0.1, 0.15) is 35.7 Å². The van der Waals surface area contributed by atoms with E-state index in [2.05, 4.69) is 15.2 Å². The third-order valence-corrected chi connectivity index (χ3v) is 8.30. The minimum atomic E-state index is -4.30. The van der Waals surface area contributed by atoms with E-state index in [1.165, 1.54) is 19.2 Å². The van der Waals surface area contributed by atoms with Crippen LogP contribution in [0.1, 0.15) is 67.5 Å². The molecule has 0 bridgehead atoms. The standard InChI is InChI=1S/C26H46N5O10P/c1-8-38-22(33)17(12-15(3)4)29-42(37,30-18(13-16(5)6)23(34)39-9-2)40-14-19-21(32)26(7,36)24(41-19)31-11-10-20(27)28-25(31)35/h10-11,15-19,21,24,32,36H,8-9,12-14H2,1-7H3,(H2,27,28,35)(H2,29,30,37)/t17?,18?,19-,21-,24-,26-,42?/m1/s1. The number of hydrogen-bond donors (Lipinski definition) is 5. The van der Waals surface area contributed by atoms with Crippen LogP contribution in [-0.4, -0.2) is 81.4 Å². The van der Waals surface area contributed by atoms with Crippen molar-refractivity contribution in [3.63, 3.8) is 0 Å². The average molecular weight is 620 g/mol. The Morgan fingerprint density at radius 1 is 1.12 bits per heavy atom. The first-order valence-corrected chi connectivity index (χ1v) is 15.7. The number of carbonyl (C=O) groups is 2. The van der Waals surface area contributed by atoms with Gasteiger partial charge in [-0.05, 0) is 51.5 Å². The van der Waals surface area contributed by atoms with Gasteiger partial charge in [-0.15, -0.1) is 0 Å². The number of nitrogens with zero attached hydrogens (tertiary/aromatic N) is 2. The number of nitrogens with one attached hydrogen (secondary N) is 2. The minimum Gasteiger partial charge on any atom is -0.465 e. The molecule has 15 nitrogen and oxygen atoms in total. The van der Waals surface area contributed by atoms with Crippen molar-refractivity contribution in [1.29, 1.82) is 0 Å². The molecule has 0 aliphatic carbocycles. The van der Waals surface area contributed by atoms with Crippen molar-refractivity contribution in [3.05, 3.63) is 22.7 Å². The zero-order chi connectivity index (χ0) is 31.8. The van der Waals surface area contributed by atoms with E-state index in [4.69, 9.17) is 24.5 Å². The largest absolute Gasteiger partial charge is 0.465 e. The molecule has 0 spiro atoms. The summed E-state index contributed by atoms with van der Waals surface area (Å²) in [5.74, 6) is -1.39. The molecule has 1 aliphatic rings. The first kappa shape index (κ1) is 35.8. The zero-order valence-corrected chi connectivity index (χ0v) is 26.2. The Labute approximate surface area is 246 Å². The quantitative estimate of drug-likeness (QED) is 0.129. The molecule has 1 saturated heterocycles. The molecule has 6 N–H and O–H groups in total. The lowest BCUT2D eigenvalue weighted by Crippen LogP contribution is -2.47. The van der Waals surface area contributed by atoms with Crippen LogP contribution >= 0.6 is 7.67 Å². The molecule has 2 rings (SSSR count). The Kier molecular flexibility index (Phi) is 13.1. The molecule has 2 unspecified atom stereocenters. The Balaban J connectivity index is 2.40. The van der Waals surface area contributed by atoms with Crippen LogP contribution in [0.4, 0.5) is 5.82 Å². The molecule has 42 heavy (non-hydrogen) atoms. The van der Waals surface area contributed by atoms with E-state index in [0.717, 1.165) is 4.57 Å². The molecular formula is C26H46N5O10P. The lowest BCUT2D eigenvalue weighted by Gasteiger charge is -2.30. The average Bonchev–Trinajstić information content (AvgIpc) is 3.10. The number of aromatic nitrogens is 2. The van der Waals surface area contributed by atoms with Gasteiger partial charge in [-0.3, -0.25) is 18.7 Å². The van der Waals surface area contributed by atoms with Crippen LogP contribution in [0.2, 0.25) is 0 Å². The molecule has 1 fully saturated rings. The highest BCUT2D eigenvalue weighted by atomic mass is 31.2. The van der Waals surface area contributed by atoms with Crippen LogP contribution in [0.15, 0.2) is 17.1 Å². The molecule has 240 valence electrons. The maximum atomic E-state index is 14.3. The molecule has 6 atom stereocenters. The number of hydrogen-bond acceptors (Lipinski definition) is 12. The SMILES string of the molecule is CCOC(=O)C(CC(C)C)NP(=O)(NC(CC(C)C)C(=O)OCC)OC[C@H]1O[C@@H](n2ccc(N)nc2=O)[C@](C)(O)[C@@H]1O. The first-order valence-electron chi connectivity index (χ1n) is 14.1. The smallest absolute Gasteiger partial charge is 0.351 e. The maximum Gasteiger partial charge on any atom is 0.351 e. The molecule has 1 aromatic rings. The number of ether oxygens (including phenoxy) is 3. The van der Waals surface area contributed by atoms with Crippen LogP contribution in [0.25, 0.3) is 0 Å². The predicted octanol–water partition coefficient (Wildman–Crippen LogP) is 1.09. The summed E-state index contributed by atoms with van der Waals surface area (Å²) in [6, 6.07) is -0.821. The molecule has 0 radical (unpaired) electrons. The van der Waals surface area contributed by atoms with Crippen LogP contribution < -0.4 is 21.6 Å². The molecule has 0 aromatic carbocycles. The number of esters is 2. The summed E-state index contributed by atoms with van der Waals surface area (Å²) in [5.41, 5.74) is 2.75. The summed E-state index contributed by atoms with van der Waals surface area (Å²) in [7, 11) is -4.30. The van der Waals surface area contributed by atoms with E-state index >= 15 is 0 Å². The van der Waals surface area contributed by atoms with Gasteiger partial charge in [0.05, 0.1) is 19.8 Å². The second kappa shape index (κ2) is 15.4. The number of rotatable bonds is 16. The maximum absolute atomic E-state index is 14.3. The van der Waals surface area contributed by atoms with Crippen molar-refractivity contribution in [1.82, 2.24) is 19.7 Å². The summed E-state index contributed by atoms with van der Waals surface area (Å²) in [6.45, 7) is 11.6. The fourth-order valence-corrected chi connectivity index (χ4v) is 6.34. The summed E-state index contributed by atoms with van der Waals surface area (Å²) >= 11 is 0. The van der Waals surface area contributed by atoms with Gasteiger partial charge in [0.25, 0.3) is 0 Å². The highest BCUT2D eigenvalue weighted by Gasteiger charge is 2.54. The molecule has 1 aromatic heterocycles. The summed E-state index contributed by atoms with van der Waals surface area (Å²) in [6.07, 6.45) is -2.55. The fourth-order valence-electron chi connectivity index (χ4n) is 4.51. The first-order chi connectivity index (χ1) is 19.5. The third-order valence-electron chi connectivity index (χ3n) is 6.49. The second-order valence-corrected chi connectivity index (χ2v) is 13.1. The minimum absolute atomic E-state index is 0.0143. The van der Waals surface area contributed by atoms with E-state index in [-0.39, 0.29) is 43.7 Å². The van der Waals surface area contributed by atoms with Crippen LogP contribution in [0.5, 0.6) is 0 Å². The Bertz CT molecular complexity index is 1120. The third kappa shape index (κ3) is 9.56. The zero-order valence-electron chi connectivity index (χ0n) is 25.3. The highest BCUT2D eigenvalue weighted by molar-refractivity contribution is 7.54. The van der Waals surface area contributed by atoms with Gasteiger partial charge >= 0.3 is 25.3 Å². The number of anilines is 1. The van der Waals surface area contributed by atoms with Crippen LogP contribution in [0.3, 0.4) is 0 Å². The lowest BCUT2D eigenvalue weighted by atomic mass is 9.96. The van der Waals surface area contributed by atoms with E-state index in [1.807, 2.05) is 27.7 Å². The molecule has 2 heterocycles. The Morgan fingerprint density at radius 2 is 1.62 bits per heavy atom. The summed E-state index contributed by atoms with van der Waals surface area (Å²) in [5, 5.41) is 27.4. The lowest BCUT2D eigenvalue weighted by molar-refractivity contribution is -0.146. The van der Waals surface area contributed by atoms with Gasteiger partial charge < -0.3 is 34.7 Å². The molecule has 0 saturated carbocycles. The van der Waals surface area contributed by atoms with E-state index in [0.29, 0.717) is 0 Å². The Hall–Kier alpha value is -2.39. The molecule has 1 aliphatic heterocycles. The fraction of sp³-hybridized carbons (Fsp3) is 0.769. The van der Waals surface area contributed by atoms with Gasteiger partial charge in [-0.1, -0.05) is 27.7 Å². The van der Waals surface area contributed by atoms with Gasteiger partial charge in [-0.25, -0.2) is 15.0 Å². The van der Waals surface area contributed by atoms with Gasteiger partial charge in [0, 0.05) is 6.20 Å². The molecule has 16 heteroatoms. The monoisotopic (exact) mass is 619 g/mol. The van der Waals surface area contributed by atoms with Crippen LogP contribution in [-0.2, 0) is 32.9 Å². The van der Waals surface area contributed by atoms with Crippen molar-refractivity contribution in [2.75, 3.05) is 25.6 Å². The highest BCUT2D eigenvalue weighted by Crippen LogP contribution is 2.44. The number of aliphatic hydroxyl groups is 2.